The molecule has 154 valence electrons. The van der Waals surface area contributed by atoms with Crippen molar-refractivity contribution in [2.45, 2.75) is 33.2 Å². The normalized spacial score (nSPS) is 16.4. The molecule has 1 N–H and O–H groups in total. The molecule has 29 heavy (non-hydrogen) atoms. The molecule has 0 aromatic heterocycles. The van der Waals surface area contributed by atoms with Crippen LogP contribution in [0.4, 0.5) is 5.69 Å². The van der Waals surface area contributed by atoms with Crippen LogP contribution in [-0.4, -0.2) is 37.4 Å². The van der Waals surface area contributed by atoms with E-state index in [1.165, 1.54) is 11.9 Å². The Labute approximate surface area is 171 Å². The molecule has 7 nitrogen and oxygen atoms in total. The van der Waals surface area contributed by atoms with Gasteiger partial charge in [-0.25, -0.2) is 13.4 Å². The first-order valence-corrected chi connectivity index (χ1v) is 11.2. The minimum Gasteiger partial charge on any atom is -0.494 e. The smallest absolute Gasteiger partial charge is 0.240 e. The highest BCUT2D eigenvalue weighted by atomic mass is 32.2. The van der Waals surface area contributed by atoms with Crippen LogP contribution < -0.4 is 9.46 Å². The lowest BCUT2D eigenvalue weighted by molar-refractivity contribution is -0.130. The molecule has 0 fully saturated rings. The minimum atomic E-state index is -3.33. The predicted octanol–water partition coefficient (Wildman–Crippen LogP) is 3.54. The molecule has 2 aromatic rings. The summed E-state index contributed by atoms with van der Waals surface area (Å²) >= 11 is 0. The number of amides is 1. The molecule has 0 unspecified atom stereocenters. The second-order valence-electron chi connectivity index (χ2n) is 6.68. The number of nitrogens with one attached hydrogen (secondary N) is 1. The SMILES string of the molecule is CCOc1ccccc1[C@H]1CC(c2ccc(NS(=O)(=O)CC)cc2)=NN1C(C)=O. The van der Waals surface area contributed by atoms with E-state index < -0.39 is 10.0 Å². The third kappa shape index (κ3) is 4.76. The van der Waals surface area contributed by atoms with Crippen molar-refractivity contribution >= 4 is 27.3 Å². The number of benzene rings is 2. The summed E-state index contributed by atoms with van der Waals surface area (Å²) in [5, 5.41) is 6.03. The molecule has 8 heteroatoms. The standard InChI is InChI=1S/C21H25N3O4S/c1-4-28-21-9-7-6-8-18(21)20-14-19(22-24(20)15(3)25)16-10-12-17(13-11-16)23-29(26,27)5-2/h6-13,20,23H,4-5,14H2,1-3H3/t20-/m1/s1. The van der Waals surface area contributed by atoms with Crippen LogP contribution in [0.3, 0.4) is 0 Å². The van der Waals surface area contributed by atoms with Gasteiger partial charge in [-0.05, 0) is 37.6 Å². The maximum absolute atomic E-state index is 12.2. The number of carbonyl (C=O) groups excluding carboxylic acids is 1. The number of hydrogen-bond donors (Lipinski definition) is 1. The zero-order valence-corrected chi connectivity index (χ0v) is 17.6. The highest BCUT2D eigenvalue weighted by molar-refractivity contribution is 7.92. The van der Waals surface area contributed by atoms with Gasteiger partial charge in [-0.15, -0.1) is 0 Å². The summed E-state index contributed by atoms with van der Waals surface area (Å²) in [4.78, 5) is 12.2. The summed E-state index contributed by atoms with van der Waals surface area (Å²) in [5.74, 6) is 0.603. The van der Waals surface area contributed by atoms with E-state index in [2.05, 4.69) is 9.82 Å². The van der Waals surface area contributed by atoms with Gasteiger partial charge >= 0.3 is 0 Å². The molecule has 1 heterocycles. The fraction of sp³-hybridized carbons (Fsp3) is 0.333. The van der Waals surface area contributed by atoms with Crippen molar-refractivity contribution in [2.75, 3.05) is 17.1 Å². The van der Waals surface area contributed by atoms with Crippen molar-refractivity contribution in [1.29, 1.82) is 0 Å². The van der Waals surface area contributed by atoms with Crippen molar-refractivity contribution in [2.24, 2.45) is 5.10 Å². The van der Waals surface area contributed by atoms with Gasteiger partial charge in [-0.2, -0.15) is 5.10 Å². The van der Waals surface area contributed by atoms with Crippen molar-refractivity contribution in [3.8, 4) is 5.75 Å². The molecule has 1 aliphatic heterocycles. The monoisotopic (exact) mass is 415 g/mol. The van der Waals surface area contributed by atoms with E-state index in [-0.39, 0.29) is 17.7 Å². The topological polar surface area (TPSA) is 88.1 Å². The summed E-state index contributed by atoms with van der Waals surface area (Å²) in [5.41, 5.74) is 3.01. The lowest BCUT2D eigenvalue weighted by Gasteiger charge is -2.22. The third-order valence-electron chi connectivity index (χ3n) is 4.68. The number of anilines is 1. The average Bonchev–Trinajstić information content (AvgIpc) is 3.14. The highest BCUT2D eigenvalue weighted by Gasteiger charge is 2.33. The van der Waals surface area contributed by atoms with Gasteiger partial charge in [-0.1, -0.05) is 30.3 Å². The zero-order valence-electron chi connectivity index (χ0n) is 16.8. The number of para-hydroxylation sites is 1. The second kappa shape index (κ2) is 8.65. The summed E-state index contributed by atoms with van der Waals surface area (Å²) in [7, 11) is -3.33. The number of hydrogen-bond acceptors (Lipinski definition) is 5. The quantitative estimate of drug-likeness (QED) is 0.749. The number of carbonyl (C=O) groups is 1. The first kappa shape index (κ1) is 20.9. The van der Waals surface area contributed by atoms with Crippen LogP contribution in [0.25, 0.3) is 0 Å². The lowest BCUT2D eigenvalue weighted by Crippen LogP contribution is -2.24. The molecular weight excluding hydrogens is 390 g/mol. The van der Waals surface area contributed by atoms with E-state index in [0.29, 0.717) is 18.7 Å². The van der Waals surface area contributed by atoms with Crippen molar-refractivity contribution < 1.29 is 17.9 Å². The molecule has 1 aliphatic rings. The molecule has 3 rings (SSSR count). The number of hydrazone groups is 1. The number of sulfonamides is 1. The maximum atomic E-state index is 12.2. The Morgan fingerprint density at radius 3 is 2.48 bits per heavy atom. The molecule has 2 aromatic carbocycles. The maximum Gasteiger partial charge on any atom is 0.240 e. The van der Waals surface area contributed by atoms with Crippen LogP contribution >= 0.6 is 0 Å². The predicted molar refractivity (Wildman–Crippen MR) is 114 cm³/mol. The molecule has 0 radical (unpaired) electrons. The van der Waals surface area contributed by atoms with Gasteiger partial charge in [-0.3, -0.25) is 9.52 Å². The van der Waals surface area contributed by atoms with Gasteiger partial charge in [0.1, 0.15) is 5.75 Å². The fourth-order valence-corrected chi connectivity index (χ4v) is 3.88. The largest absolute Gasteiger partial charge is 0.494 e. The van der Waals surface area contributed by atoms with E-state index in [9.17, 15) is 13.2 Å². The van der Waals surface area contributed by atoms with Crippen LogP contribution in [0, 0.1) is 0 Å². The third-order valence-corrected chi connectivity index (χ3v) is 5.99. The Bertz CT molecular complexity index is 1020. The number of rotatable bonds is 7. The Balaban J connectivity index is 1.87. The van der Waals surface area contributed by atoms with Crippen LogP contribution in [0.1, 0.15) is 44.4 Å². The zero-order chi connectivity index (χ0) is 21.0. The van der Waals surface area contributed by atoms with Gasteiger partial charge in [0.05, 0.1) is 24.1 Å². The van der Waals surface area contributed by atoms with Gasteiger partial charge in [0.15, 0.2) is 0 Å². The van der Waals surface area contributed by atoms with Crippen LogP contribution in [-0.2, 0) is 14.8 Å². The van der Waals surface area contributed by atoms with E-state index in [1.807, 2.05) is 43.3 Å². The Morgan fingerprint density at radius 1 is 1.17 bits per heavy atom. The van der Waals surface area contributed by atoms with E-state index >= 15 is 0 Å². The summed E-state index contributed by atoms with van der Waals surface area (Å²) in [6, 6.07) is 14.4. The number of ether oxygens (including phenoxy) is 1. The minimum absolute atomic E-state index is 0.00987. The van der Waals surface area contributed by atoms with E-state index in [4.69, 9.17) is 4.74 Å². The van der Waals surface area contributed by atoms with Gasteiger partial charge in [0.2, 0.25) is 15.9 Å². The van der Waals surface area contributed by atoms with Crippen LogP contribution in [0.15, 0.2) is 53.6 Å². The lowest BCUT2D eigenvalue weighted by atomic mass is 9.97. The first-order chi connectivity index (χ1) is 13.8. The Hall–Kier alpha value is -2.87. The van der Waals surface area contributed by atoms with Crippen molar-refractivity contribution in [1.82, 2.24) is 5.01 Å². The van der Waals surface area contributed by atoms with Crippen molar-refractivity contribution in [3.05, 3.63) is 59.7 Å². The number of nitrogens with zero attached hydrogens (tertiary/aromatic N) is 2. The van der Waals surface area contributed by atoms with Gasteiger partial charge in [0, 0.05) is 24.6 Å². The van der Waals surface area contributed by atoms with Crippen LogP contribution in [0.5, 0.6) is 5.75 Å². The van der Waals surface area contributed by atoms with Crippen LogP contribution in [0.2, 0.25) is 0 Å². The fourth-order valence-electron chi connectivity index (χ4n) is 3.24. The van der Waals surface area contributed by atoms with E-state index in [0.717, 1.165) is 22.6 Å². The Morgan fingerprint density at radius 2 is 1.86 bits per heavy atom. The molecule has 0 aliphatic carbocycles. The van der Waals surface area contributed by atoms with Crippen molar-refractivity contribution in [3.63, 3.8) is 0 Å². The second-order valence-corrected chi connectivity index (χ2v) is 8.69. The molecule has 1 atom stereocenters. The van der Waals surface area contributed by atoms with Gasteiger partial charge < -0.3 is 4.74 Å². The first-order valence-electron chi connectivity index (χ1n) is 9.54. The molecule has 0 bridgehead atoms. The highest BCUT2D eigenvalue weighted by Crippen LogP contribution is 2.37. The molecule has 1 amide bonds. The van der Waals surface area contributed by atoms with Gasteiger partial charge in [0.25, 0.3) is 0 Å². The molecular formula is C21H25N3O4S. The summed E-state index contributed by atoms with van der Waals surface area (Å²) < 4.78 is 31.7. The summed E-state index contributed by atoms with van der Waals surface area (Å²) in [6.07, 6.45) is 0.545. The Kier molecular flexibility index (Phi) is 6.22. The molecule has 0 saturated heterocycles. The summed E-state index contributed by atoms with van der Waals surface area (Å²) in [6.45, 7) is 5.53. The molecule has 0 saturated carbocycles. The van der Waals surface area contributed by atoms with E-state index in [1.54, 1.807) is 19.1 Å². The average molecular weight is 416 g/mol. The molecule has 0 spiro atoms.